The van der Waals surface area contributed by atoms with Crippen LogP contribution in [0.25, 0.3) is 0 Å². The normalized spacial score (nSPS) is 13.1. The molecule has 7 heteroatoms. The van der Waals surface area contributed by atoms with E-state index < -0.39 is 0 Å². The van der Waals surface area contributed by atoms with Crippen LogP contribution in [-0.2, 0) is 35.2 Å². The summed E-state index contributed by atoms with van der Waals surface area (Å²) in [6.45, 7) is 9.58. The maximum absolute atomic E-state index is 11.8. The van der Waals surface area contributed by atoms with Gasteiger partial charge in [-0.05, 0) is 86.4 Å². The van der Waals surface area contributed by atoms with Crippen molar-refractivity contribution in [2.45, 2.75) is 85.0 Å². The number of aryl methyl sites for hydroxylation is 3. The minimum Gasteiger partial charge on any atom is -0.493 e. The highest BCUT2D eigenvalue weighted by Gasteiger charge is 2.29. The van der Waals surface area contributed by atoms with Crippen molar-refractivity contribution in [3.8, 4) is 11.5 Å². The number of carbonyl (C=O) groups is 1. The first-order chi connectivity index (χ1) is 20.8. The second-order valence-electron chi connectivity index (χ2n) is 11.0. The molecule has 0 spiro atoms. The molecule has 2 atom stereocenters. The molecule has 0 bridgehead atoms. The van der Waals surface area contributed by atoms with Crippen molar-refractivity contribution in [1.82, 2.24) is 0 Å². The van der Waals surface area contributed by atoms with E-state index in [4.69, 9.17) is 30.8 Å². The van der Waals surface area contributed by atoms with E-state index >= 15 is 0 Å². The molecule has 0 aliphatic rings. The molecule has 0 saturated heterocycles. The maximum Gasteiger partial charge on any atom is 0.305 e. The summed E-state index contributed by atoms with van der Waals surface area (Å²) < 4.78 is 16.6. The van der Waals surface area contributed by atoms with Gasteiger partial charge < -0.3 is 14.2 Å². The Balaban J connectivity index is 2.15. The summed E-state index contributed by atoms with van der Waals surface area (Å²) in [5.74, 6) is 1.52. The van der Waals surface area contributed by atoms with Gasteiger partial charge in [-0.2, -0.15) is 0 Å². The monoisotopic (exact) mass is 625 g/mol. The topological polar surface area (TPSA) is 57.1 Å². The van der Waals surface area contributed by atoms with Crippen LogP contribution in [-0.4, -0.2) is 39.6 Å². The lowest BCUT2D eigenvalue weighted by molar-refractivity contribution is -0.140. The molecule has 0 amide bonds. The van der Waals surface area contributed by atoms with Crippen molar-refractivity contribution in [2.75, 3.05) is 27.9 Å². The van der Waals surface area contributed by atoms with Crippen LogP contribution in [0.15, 0.2) is 47.5 Å². The van der Waals surface area contributed by atoms with E-state index in [0.29, 0.717) is 12.8 Å². The van der Waals surface area contributed by atoms with E-state index in [9.17, 15) is 4.79 Å². The Labute approximate surface area is 267 Å². The van der Waals surface area contributed by atoms with E-state index in [0.717, 1.165) is 67.2 Å². The number of para-hydroxylation sites is 1. The van der Waals surface area contributed by atoms with Crippen molar-refractivity contribution in [1.29, 1.82) is 0 Å². The molecular formula is C36H48ClNO4S. The molecule has 0 radical (unpaired) electrons. The molecule has 0 N–H and O–H groups in total. The lowest BCUT2D eigenvalue weighted by Gasteiger charge is -2.28. The molecule has 0 aliphatic carbocycles. The molecule has 1 aromatic heterocycles. The molecule has 234 valence electrons. The lowest BCUT2D eigenvalue weighted by atomic mass is 9.78. The van der Waals surface area contributed by atoms with E-state index in [2.05, 4.69) is 52.0 Å². The number of rotatable bonds is 17. The van der Waals surface area contributed by atoms with Crippen molar-refractivity contribution >= 4 is 34.6 Å². The second-order valence-corrected chi connectivity index (χ2v) is 12.6. The zero-order valence-corrected chi connectivity index (χ0v) is 28.5. The van der Waals surface area contributed by atoms with Crippen LogP contribution in [0.3, 0.4) is 0 Å². The molecule has 3 rings (SSSR count). The Kier molecular flexibility index (Phi) is 14.1. The van der Waals surface area contributed by atoms with Gasteiger partial charge in [-0.25, -0.2) is 0 Å². The lowest BCUT2D eigenvalue weighted by Crippen LogP contribution is -2.20. The average Bonchev–Trinajstić information content (AvgIpc) is 3.42. The van der Waals surface area contributed by atoms with Crippen molar-refractivity contribution in [3.05, 3.63) is 79.5 Å². The highest BCUT2D eigenvalue weighted by atomic mass is 35.5. The molecular weight excluding hydrogens is 578 g/mol. The molecule has 43 heavy (non-hydrogen) atoms. The van der Waals surface area contributed by atoms with Crippen molar-refractivity contribution < 1.29 is 19.0 Å². The number of ether oxygens (including phenoxy) is 3. The SMILES string of the molecule is CCCN=C(C)C(Cc1sc(CCC(=O)OC)cc1CC)CC(c1cc(Cl)ccc1CCC)c1cccc(OC)c1OC. The van der Waals surface area contributed by atoms with Crippen LogP contribution in [0.1, 0.15) is 91.3 Å². The molecule has 3 aromatic rings. The van der Waals surface area contributed by atoms with Gasteiger partial charge in [-0.1, -0.05) is 57.0 Å². The van der Waals surface area contributed by atoms with Crippen LogP contribution >= 0.6 is 22.9 Å². The first kappa shape index (κ1) is 34.7. The summed E-state index contributed by atoms with van der Waals surface area (Å²) >= 11 is 8.50. The van der Waals surface area contributed by atoms with Gasteiger partial charge in [0.05, 0.1) is 27.8 Å². The standard InChI is InChI=1S/C36H48ClNO4S/c1-8-12-26-15-16-28(37)23-31(26)32(30-13-11-14-33(40-5)36(30)42-7)21-27(24(4)38-19-9-2)22-34-25(10-3)20-29(43-34)17-18-35(39)41-6/h11,13-16,20,23,27,32H,8-10,12,17-19,21-22H2,1-7H3. The summed E-state index contributed by atoms with van der Waals surface area (Å²) in [5.41, 5.74) is 6.15. The van der Waals surface area contributed by atoms with Crippen LogP contribution in [0, 0.1) is 5.92 Å². The number of thiophene rings is 1. The van der Waals surface area contributed by atoms with Gasteiger partial charge in [0, 0.05) is 44.4 Å². The molecule has 0 fully saturated rings. The van der Waals surface area contributed by atoms with Gasteiger partial charge >= 0.3 is 5.97 Å². The zero-order valence-electron chi connectivity index (χ0n) is 26.9. The number of halogens is 1. The molecule has 2 aromatic carbocycles. The molecule has 1 heterocycles. The minimum absolute atomic E-state index is 0.0194. The van der Waals surface area contributed by atoms with Crippen LogP contribution < -0.4 is 9.47 Å². The van der Waals surface area contributed by atoms with Gasteiger partial charge in [-0.15, -0.1) is 11.3 Å². The molecule has 5 nitrogen and oxygen atoms in total. The van der Waals surface area contributed by atoms with Crippen LogP contribution in [0.2, 0.25) is 5.02 Å². The Hall–Kier alpha value is -2.83. The maximum atomic E-state index is 11.8. The number of hydrogen-bond acceptors (Lipinski definition) is 6. The zero-order chi connectivity index (χ0) is 31.4. The number of hydrogen-bond donors (Lipinski definition) is 0. The highest BCUT2D eigenvalue weighted by Crippen LogP contribution is 2.44. The smallest absolute Gasteiger partial charge is 0.305 e. The molecule has 0 saturated carbocycles. The van der Waals surface area contributed by atoms with Gasteiger partial charge in [0.25, 0.3) is 0 Å². The molecule has 0 aliphatic heterocycles. The Morgan fingerprint density at radius 3 is 2.40 bits per heavy atom. The summed E-state index contributed by atoms with van der Waals surface area (Å²) in [6.07, 6.45) is 6.79. The third kappa shape index (κ3) is 9.33. The number of esters is 1. The summed E-state index contributed by atoms with van der Waals surface area (Å²) in [7, 11) is 4.84. The first-order valence-corrected chi connectivity index (χ1v) is 16.7. The Bertz CT molecular complexity index is 1370. The van der Waals surface area contributed by atoms with Gasteiger partial charge in [0.1, 0.15) is 0 Å². The summed E-state index contributed by atoms with van der Waals surface area (Å²) in [6, 6.07) is 14.7. The third-order valence-corrected chi connectivity index (χ3v) is 9.57. The average molecular weight is 626 g/mol. The van der Waals surface area contributed by atoms with Crippen LogP contribution in [0.5, 0.6) is 11.5 Å². The van der Waals surface area contributed by atoms with Gasteiger partial charge in [0.15, 0.2) is 11.5 Å². The largest absolute Gasteiger partial charge is 0.493 e. The fraction of sp³-hybridized carbons (Fsp3) is 0.500. The van der Waals surface area contributed by atoms with E-state index in [-0.39, 0.29) is 17.8 Å². The van der Waals surface area contributed by atoms with E-state index in [1.807, 2.05) is 29.5 Å². The summed E-state index contributed by atoms with van der Waals surface area (Å²) in [5, 5.41) is 0.733. The quantitative estimate of drug-likeness (QED) is 0.111. The van der Waals surface area contributed by atoms with Crippen molar-refractivity contribution in [2.24, 2.45) is 10.9 Å². The molecule has 2 unspecified atom stereocenters. The number of aliphatic imine (C=N–C) groups is 1. The first-order valence-electron chi connectivity index (χ1n) is 15.5. The van der Waals surface area contributed by atoms with E-state index in [1.165, 1.54) is 39.3 Å². The predicted molar refractivity (Wildman–Crippen MR) is 181 cm³/mol. The van der Waals surface area contributed by atoms with Crippen molar-refractivity contribution in [3.63, 3.8) is 0 Å². The fourth-order valence-corrected chi connectivity index (χ4v) is 7.29. The van der Waals surface area contributed by atoms with Gasteiger partial charge in [-0.3, -0.25) is 9.79 Å². The fourth-order valence-electron chi connectivity index (χ4n) is 5.77. The summed E-state index contributed by atoms with van der Waals surface area (Å²) in [4.78, 5) is 19.5. The number of methoxy groups -OCH3 is 3. The highest BCUT2D eigenvalue weighted by molar-refractivity contribution is 7.12. The van der Waals surface area contributed by atoms with Gasteiger partial charge in [0.2, 0.25) is 0 Å². The Morgan fingerprint density at radius 2 is 1.74 bits per heavy atom. The number of carbonyl (C=O) groups excluding carboxylic acids is 1. The number of nitrogens with zero attached hydrogens (tertiary/aromatic N) is 1. The van der Waals surface area contributed by atoms with Crippen LogP contribution in [0.4, 0.5) is 0 Å². The Morgan fingerprint density at radius 1 is 0.953 bits per heavy atom. The number of benzene rings is 2. The minimum atomic E-state index is -0.173. The second kappa shape index (κ2) is 17.5. The third-order valence-electron chi connectivity index (χ3n) is 8.07. The predicted octanol–water partition coefficient (Wildman–Crippen LogP) is 9.29. The van der Waals surface area contributed by atoms with E-state index in [1.54, 1.807) is 14.2 Å².